The van der Waals surface area contributed by atoms with Gasteiger partial charge in [0.2, 0.25) is 0 Å². The van der Waals surface area contributed by atoms with Gasteiger partial charge < -0.3 is 9.67 Å². The van der Waals surface area contributed by atoms with Gasteiger partial charge in [0.25, 0.3) is 10.0 Å². The highest BCUT2D eigenvalue weighted by atomic mass is 32.2. The number of imidazole rings is 1. The third kappa shape index (κ3) is 3.27. The second kappa shape index (κ2) is 4.84. The van der Waals surface area contributed by atoms with Gasteiger partial charge >= 0.3 is 5.97 Å². The van der Waals surface area contributed by atoms with E-state index >= 15 is 0 Å². The summed E-state index contributed by atoms with van der Waals surface area (Å²) in [6.45, 7) is 3.25. The Labute approximate surface area is 99.5 Å². The largest absolute Gasteiger partial charge is 0.480 e. The lowest BCUT2D eigenvalue weighted by Crippen LogP contribution is -2.44. The number of nitrogens with one attached hydrogen (secondary N) is 1. The molecule has 0 saturated heterocycles. The van der Waals surface area contributed by atoms with Gasteiger partial charge in [0, 0.05) is 13.2 Å². The summed E-state index contributed by atoms with van der Waals surface area (Å²) in [5.74, 6) is -1.56. The molecule has 0 spiro atoms. The Morgan fingerprint density at radius 3 is 2.47 bits per heavy atom. The fraction of sp³-hybridized carbons (Fsp3) is 0.556. The van der Waals surface area contributed by atoms with Crippen LogP contribution in [0.1, 0.15) is 13.8 Å². The minimum absolute atomic E-state index is 0.188. The molecule has 0 aliphatic heterocycles. The fourth-order valence-corrected chi connectivity index (χ4v) is 2.55. The quantitative estimate of drug-likeness (QED) is 0.764. The number of carboxylic acid groups (broad SMARTS) is 1. The van der Waals surface area contributed by atoms with Crippen molar-refractivity contribution >= 4 is 16.0 Å². The second-order valence-electron chi connectivity index (χ2n) is 4.06. The van der Waals surface area contributed by atoms with Crippen molar-refractivity contribution in [3.63, 3.8) is 0 Å². The van der Waals surface area contributed by atoms with Crippen LogP contribution in [0.25, 0.3) is 0 Å². The molecule has 8 heteroatoms. The van der Waals surface area contributed by atoms with Crippen LogP contribution >= 0.6 is 0 Å². The molecule has 1 aromatic rings. The Hall–Kier alpha value is -1.41. The Kier molecular flexibility index (Phi) is 3.89. The minimum atomic E-state index is -3.89. The molecule has 2 N–H and O–H groups in total. The highest BCUT2D eigenvalue weighted by molar-refractivity contribution is 7.89. The standard InChI is InChI=1S/C9H15N3O4S/c1-6(2)8(9(13)14)11-17(15,16)7-4-12(3)5-10-7/h4-6,8,11H,1-3H3,(H,13,14)/t8-/m1/s1. The SMILES string of the molecule is CC(C)[C@@H](NS(=O)(=O)c1cn(C)cn1)C(=O)O. The molecule has 0 saturated carbocycles. The summed E-state index contributed by atoms with van der Waals surface area (Å²) in [6.07, 6.45) is 2.64. The number of carbonyl (C=O) groups is 1. The number of aliphatic carboxylic acids is 1. The van der Waals surface area contributed by atoms with Crippen molar-refractivity contribution in [1.29, 1.82) is 0 Å². The molecule has 1 atom stereocenters. The highest BCUT2D eigenvalue weighted by Gasteiger charge is 2.29. The Morgan fingerprint density at radius 1 is 1.53 bits per heavy atom. The molecule has 96 valence electrons. The van der Waals surface area contributed by atoms with Gasteiger partial charge in [0.15, 0.2) is 5.03 Å². The van der Waals surface area contributed by atoms with E-state index in [-0.39, 0.29) is 10.9 Å². The summed E-state index contributed by atoms with van der Waals surface area (Å²) in [4.78, 5) is 14.6. The second-order valence-corrected chi connectivity index (χ2v) is 5.72. The first-order chi connectivity index (χ1) is 7.74. The number of carboxylic acids is 1. The van der Waals surface area contributed by atoms with E-state index in [1.165, 1.54) is 17.1 Å². The third-order valence-corrected chi connectivity index (χ3v) is 3.50. The highest BCUT2D eigenvalue weighted by Crippen LogP contribution is 2.09. The zero-order valence-electron chi connectivity index (χ0n) is 9.78. The maximum absolute atomic E-state index is 11.8. The zero-order valence-corrected chi connectivity index (χ0v) is 10.6. The van der Waals surface area contributed by atoms with Crippen LogP contribution in [0.15, 0.2) is 17.6 Å². The van der Waals surface area contributed by atoms with Gasteiger partial charge in [-0.05, 0) is 5.92 Å². The van der Waals surface area contributed by atoms with Crippen LogP contribution in [0.2, 0.25) is 0 Å². The van der Waals surface area contributed by atoms with E-state index in [1.54, 1.807) is 20.9 Å². The molecular weight excluding hydrogens is 246 g/mol. The number of rotatable bonds is 5. The number of aromatic nitrogens is 2. The van der Waals surface area contributed by atoms with Crippen LogP contribution in [-0.4, -0.2) is 35.1 Å². The van der Waals surface area contributed by atoms with E-state index in [9.17, 15) is 13.2 Å². The van der Waals surface area contributed by atoms with Crippen LogP contribution in [0.3, 0.4) is 0 Å². The molecule has 7 nitrogen and oxygen atoms in total. The molecular formula is C9H15N3O4S. The Balaban J connectivity index is 2.97. The Morgan fingerprint density at radius 2 is 2.12 bits per heavy atom. The van der Waals surface area contributed by atoms with Crippen molar-refractivity contribution in [3.8, 4) is 0 Å². The molecule has 1 heterocycles. The van der Waals surface area contributed by atoms with E-state index in [1.807, 2.05) is 0 Å². The summed E-state index contributed by atoms with van der Waals surface area (Å²) in [7, 11) is -2.26. The van der Waals surface area contributed by atoms with E-state index in [0.29, 0.717) is 0 Å². The maximum atomic E-state index is 11.8. The van der Waals surface area contributed by atoms with E-state index in [2.05, 4.69) is 9.71 Å². The van der Waals surface area contributed by atoms with Crippen molar-refractivity contribution in [2.45, 2.75) is 24.9 Å². The van der Waals surface area contributed by atoms with E-state index in [0.717, 1.165) is 0 Å². The van der Waals surface area contributed by atoms with Crippen LogP contribution in [0.4, 0.5) is 0 Å². The molecule has 0 radical (unpaired) electrons. The topological polar surface area (TPSA) is 101 Å². The van der Waals surface area contributed by atoms with Crippen molar-refractivity contribution in [2.24, 2.45) is 13.0 Å². The predicted molar refractivity (Wildman–Crippen MR) is 59.8 cm³/mol. The van der Waals surface area contributed by atoms with Gasteiger partial charge in [-0.15, -0.1) is 0 Å². The summed E-state index contributed by atoms with van der Waals surface area (Å²) in [6, 6.07) is -1.16. The summed E-state index contributed by atoms with van der Waals surface area (Å²) >= 11 is 0. The fourth-order valence-electron chi connectivity index (χ4n) is 1.23. The van der Waals surface area contributed by atoms with Gasteiger partial charge in [0.05, 0.1) is 6.33 Å². The van der Waals surface area contributed by atoms with Crippen molar-refractivity contribution in [1.82, 2.24) is 14.3 Å². The first-order valence-corrected chi connectivity index (χ1v) is 6.45. The summed E-state index contributed by atoms with van der Waals surface area (Å²) in [5, 5.41) is 8.72. The molecule has 17 heavy (non-hydrogen) atoms. The number of hydrogen-bond donors (Lipinski definition) is 2. The normalized spacial score (nSPS) is 13.9. The van der Waals surface area contributed by atoms with Crippen molar-refractivity contribution < 1.29 is 18.3 Å². The van der Waals surface area contributed by atoms with Gasteiger partial charge in [0.1, 0.15) is 6.04 Å². The molecule has 0 aromatic carbocycles. The molecule has 0 aliphatic carbocycles. The Bertz CT molecular complexity index is 506. The first kappa shape index (κ1) is 13.7. The lowest BCUT2D eigenvalue weighted by atomic mass is 10.1. The van der Waals surface area contributed by atoms with Crippen LogP contribution in [0.5, 0.6) is 0 Å². The molecule has 0 amide bonds. The van der Waals surface area contributed by atoms with Gasteiger partial charge in [-0.1, -0.05) is 13.8 Å². The van der Waals surface area contributed by atoms with Gasteiger partial charge in [-0.2, -0.15) is 4.72 Å². The monoisotopic (exact) mass is 261 g/mol. The lowest BCUT2D eigenvalue weighted by Gasteiger charge is -2.16. The van der Waals surface area contributed by atoms with Gasteiger partial charge in [-0.25, -0.2) is 13.4 Å². The number of nitrogens with zero attached hydrogens (tertiary/aromatic N) is 2. The van der Waals surface area contributed by atoms with Crippen LogP contribution in [-0.2, 0) is 21.9 Å². The average molecular weight is 261 g/mol. The number of hydrogen-bond acceptors (Lipinski definition) is 4. The smallest absolute Gasteiger partial charge is 0.322 e. The van der Waals surface area contributed by atoms with E-state index in [4.69, 9.17) is 5.11 Å². The van der Waals surface area contributed by atoms with Gasteiger partial charge in [-0.3, -0.25) is 4.79 Å². The van der Waals surface area contributed by atoms with Crippen LogP contribution < -0.4 is 4.72 Å². The molecule has 1 rings (SSSR count). The molecule has 0 fully saturated rings. The number of sulfonamides is 1. The summed E-state index contributed by atoms with van der Waals surface area (Å²) in [5.41, 5.74) is 0. The van der Waals surface area contributed by atoms with E-state index < -0.39 is 22.0 Å². The third-order valence-electron chi connectivity index (χ3n) is 2.17. The number of aryl methyl sites for hydroxylation is 1. The van der Waals surface area contributed by atoms with Crippen LogP contribution in [0, 0.1) is 5.92 Å². The lowest BCUT2D eigenvalue weighted by molar-refractivity contribution is -0.140. The maximum Gasteiger partial charge on any atom is 0.322 e. The summed E-state index contributed by atoms with van der Waals surface area (Å²) < 4.78 is 27.2. The molecule has 0 bridgehead atoms. The zero-order chi connectivity index (χ0) is 13.2. The van der Waals surface area contributed by atoms with Crippen molar-refractivity contribution in [2.75, 3.05) is 0 Å². The molecule has 0 aliphatic rings. The average Bonchev–Trinajstić information content (AvgIpc) is 2.61. The molecule has 0 unspecified atom stereocenters. The first-order valence-electron chi connectivity index (χ1n) is 4.97. The molecule has 1 aromatic heterocycles. The predicted octanol–water partition coefficient (Wildman–Crippen LogP) is -0.192. The van der Waals surface area contributed by atoms with Crippen molar-refractivity contribution in [3.05, 3.63) is 12.5 Å². The minimum Gasteiger partial charge on any atom is -0.480 e.